The molecule has 3 atom stereocenters. The van der Waals surface area contributed by atoms with Crippen molar-refractivity contribution in [1.29, 1.82) is 0 Å². The summed E-state index contributed by atoms with van der Waals surface area (Å²) in [4.78, 5) is 0. The van der Waals surface area contributed by atoms with Crippen LogP contribution in [-0.2, 0) is 0 Å². The summed E-state index contributed by atoms with van der Waals surface area (Å²) >= 11 is 0. The summed E-state index contributed by atoms with van der Waals surface area (Å²) in [6.45, 7) is 10.8. The molecule has 0 heteroatoms. The number of hydrogen-bond donors (Lipinski definition) is 0. The molecule has 0 aliphatic heterocycles. The molecule has 1 aliphatic carbocycles. The second kappa shape index (κ2) is 5.41. The maximum Gasteiger partial charge on any atom is -0.00989 e. The van der Waals surface area contributed by atoms with E-state index in [4.69, 9.17) is 0 Å². The molecule has 1 saturated carbocycles. The zero-order valence-corrected chi connectivity index (χ0v) is 9.97. The highest BCUT2D eigenvalue weighted by Gasteiger charge is 2.26. The van der Waals surface area contributed by atoms with Crippen LogP contribution in [0.15, 0.2) is 17.9 Å². The van der Waals surface area contributed by atoms with Gasteiger partial charge in [0.1, 0.15) is 0 Å². The SMILES string of the molecule is C=C=C(C(C)CC)C1CCCCC1C. The summed E-state index contributed by atoms with van der Waals surface area (Å²) in [6.07, 6.45) is 6.80. The van der Waals surface area contributed by atoms with Gasteiger partial charge in [0.2, 0.25) is 0 Å². The quantitative estimate of drug-likeness (QED) is 0.575. The van der Waals surface area contributed by atoms with E-state index in [1.807, 2.05) is 0 Å². The van der Waals surface area contributed by atoms with Crippen molar-refractivity contribution >= 4 is 0 Å². The Morgan fingerprint density at radius 1 is 1.43 bits per heavy atom. The number of allylic oxidation sites excluding steroid dienone is 1. The van der Waals surface area contributed by atoms with Crippen LogP contribution in [0, 0.1) is 17.8 Å². The molecule has 0 aromatic carbocycles. The van der Waals surface area contributed by atoms with Crippen molar-refractivity contribution in [2.45, 2.75) is 52.9 Å². The minimum Gasteiger partial charge on any atom is -0.129 e. The van der Waals surface area contributed by atoms with Crippen molar-refractivity contribution in [1.82, 2.24) is 0 Å². The van der Waals surface area contributed by atoms with Crippen molar-refractivity contribution in [3.05, 3.63) is 17.9 Å². The summed E-state index contributed by atoms with van der Waals surface area (Å²) < 4.78 is 0. The van der Waals surface area contributed by atoms with E-state index in [9.17, 15) is 0 Å². The van der Waals surface area contributed by atoms with E-state index in [0.717, 1.165) is 11.8 Å². The molecule has 0 amide bonds. The van der Waals surface area contributed by atoms with E-state index >= 15 is 0 Å². The predicted molar refractivity (Wildman–Crippen MR) is 63.2 cm³/mol. The van der Waals surface area contributed by atoms with Gasteiger partial charge in [0.25, 0.3) is 0 Å². The fourth-order valence-corrected chi connectivity index (χ4v) is 2.67. The van der Waals surface area contributed by atoms with Gasteiger partial charge in [0.05, 0.1) is 0 Å². The lowest BCUT2D eigenvalue weighted by Gasteiger charge is -2.32. The molecule has 0 bridgehead atoms. The molecule has 0 saturated heterocycles. The van der Waals surface area contributed by atoms with Gasteiger partial charge in [-0.05, 0) is 36.2 Å². The molecule has 0 aromatic heterocycles. The third-order valence-electron chi connectivity index (χ3n) is 3.86. The standard InChI is InChI=1S/C14H24/c1-5-11(3)13(6-2)14-10-8-7-9-12(14)4/h11-12,14H,2,5,7-10H2,1,3-4H3. The maximum absolute atomic E-state index is 3.88. The van der Waals surface area contributed by atoms with Gasteiger partial charge in [-0.15, -0.1) is 5.73 Å². The number of hydrogen-bond acceptors (Lipinski definition) is 0. The Hall–Kier alpha value is -0.480. The van der Waals surface area contributed by atoms with Gasteiger partial charge < -0.3 is 0 Å². The van der Waals surface area contributed by atoms with Crippen molar-refractivity contribution < 1.29 is 0 Å². The average Bonchev–Trinajstić information content (AvgIpc) is 2.21. The molecule has 1 aliphatic rings. The molecular weight excluding hydrogens is 168 g/mol. The lowest BCUT2D eigenvalue weighted by atomic mass is 9.73. The van der Waals surface area contributed by atoms with Gasteiger partial charge >= 0.3 is 0 Å². The van der Waals surface area contributed by atoms with E-state index < -0.39 is 0 Å². The van der Waals surface area contributed by atoms with Gasteiger partial charge in [-0.25, -0.2) is 0 Å². The zero-order chi connectivity index (χ0) is 10.6. The molecule has 0 aromatic rings. The van der Waals surface area contributed by atoms with Crippen molar-refractivity contribution in [2.75, 3.05) is 0 Å². The molecule has 0 heterocycles. The van der Waals surface area contributed by atoms with Crippen LogP contribution in [0.5, 0.6) is 0 Å². The first kappa shape index (κ1) is 11.6. The van der Waals surface area contributed by atoms with Gasteiger partial charge in [0, 0.05) is 0 Å². The van der Waals surface area contributed by atoms with Crippen LogP contribution in [0.4, 0.5) is 0 Å². The van der Waals surface area contributed by atoms with Crippen molar-refractivity contribution in [2.24, 2.45) is 17.8 Å². The predicted octanol–water partition coefficient (Wildman–Crippen LogP) is 4.57. The summed E-state index contributed by atoms with van der Waals surface area (Å²) in [5.74, 6) is 2.30. The van der Waals surface area contributed by atoms with Crippen LogP contribution in [0.2, 0.25) is 0 Å². The lowest BCUT2D eigenvalue weighted by Crippen LogP contribution is -2.21. The molecule has 0 N–H and O–H groups in total. The zero-order valence-electron chi connectivity index (χ0n) is 9.97. The first-order valence-electron chi connectivity index (χ1n) is 6.10. The summed E-state index contributed by atoms with van der Waals surface area (Å²) in [7, 11) is 0. The molecule has 0 spiro atoms. The van der Waals surface area contributed by atoms with Gasteiger partial charge in [-0.3, -0.25) is 0 Å². The molecule has 1 rings (SSSR count). The van der Waals surface area contributed by atoms with E-state index in [1.54, 1.807) is 0 Å². The highest BCUT2D eigenvalue weighted by atomic mass is 14.3. The fourth-order valence-electron chi connectivity index (χ4n) is 2.67. The minimum atomic E-state index is 0.679. The van der Waals surface area contributed by atoms with Crippen LogP contribution in [-0.4, -0.2) is 0 Å². The second-order valence-corrected chi connectivity index (χ2v) is 4.81. The summed E-state index contributed by atoms with van der Waals surface area (Å²) in [5.41, 5.74) is 4.72. The van der Waals surface area contributed by atoms with Crippen LogP contribution in [0.3, 0.4) is 0 Å². The van der Waals surface area contributed by atoms with Gasteiger partial charge in [-0.2, -0.15) is 0 Å². The monoisotopic (exact) mass is 192 g/mol. The van der Waals surface area contributed by atoms with E-state index in [2.05, 4.69) is 33.1 Å². The lowest BCUT2D eigenvalue weighted by molar-refractivity contribution is 0.276. The molecule has 80 valence electrons. The molecule has 14 heavy (non-hydrogen) atoms. The summed E-state index contributed by atoms with van der Waals surface area (Å²) in [5, 5.41) is 0. The summed E-state index contributed by atoms with van der Waals surface area (Å²) in [6, 6.07) is 0. The van der Waals surface area contributed by atoms with E-state index in [0.29, 0.717) is 5.92 Å². The Bertz CT molecular complexity index is 220. The highest BCUT2D eigenvalue weighted by Crippen LogP contribution is 2.37. The van der Waals surface area contributed by atoms with Crippen LogP contribution in [0.25, 0.3) is 0 Å². The Kier molecular flexibility index (Phi) is 4.48. The van der Waals surface area contributed by atoms with Crippen molar-refractivity contribution in [3.63, 3.8) is 0 Å². The average molecular weight is 192 g/mol. The molecule has 0 radical (unpaired) electrons. The normalized spacial score (nSPS) is 29.4. The van der Waals surface area contributed by atoms with Crippen molar-refractivity contribution in [3.8, 4) is 0 Å². The third kappa shape index (κ3) is 2.51. The van der Waals surface area contributed by atoms with Crippen LogP contribution in [0.1, 0.15) is 52.9 Å². The largest absolute Gasteiger partial charge is 0.129 e. The highest BCUT2D eigenvalue weighted by molar-refractivity contribution is 5.10. The van der Waals surface area contributed by atoms with Crippen LogP contribution < -0.4 is 0 Å². The van der Waals surface area contributed by atoms with Crippen LogP contribution >= 0.6 is 0 Å². The van der Waals surface area contributed by atoms with Gasteiger partial charge in [0.15, 0.2) is 0 Å². The first-order chi connectivity index (χ1) is 6.70. The first-order valence-corrected chi connectivity index (χ1v) is 6.10. The minimum absolute atomic E-state index is 0.679. The topological polar surface area (TPSA) is 0 Å². The van der Waals surface area contributed by atoms with Gasteiger partial charge in [-0.1, -0.05) is 46.6 Å². The Labute approximate surface area is 89.1 Å². The van der Waals surface area contributed by atoms with E-state index in [-0.39, 0.29) is 0 Å². The number of rotatable bonds is 3. The Morgan fingerprint density at radius 2 is 2.07 bits per heavy atom. The second-order valence-electron chi connectivity index (χ2n) is 4.81. The smallest absolute Gasteiger partial charge is 0.00989 e. The fraction of sp³-hybridized carbons (Fsp3) is 0.786. The Balaban J connectivity index is 2.73. The molecular formula is C14H24. The Morgan fingerprint density at radius 3 is 2.57 bits per heavy atom. The molecule has 0 nitrogen and oxygen atoms in total. The third-order valence-corrected chi connectivity index (χ3v) is 3.86. The van der Waals surface area contributed by atoms with E-state index in [1.165, 1.54) is 37.7 Å². The molecule has 3 unspecified atom stereocenters. The molecule has 1 fully saturated rings. The maximum atomic E-state index is 3.88.